The SMILES string of the molecule is Cc1cccc(C)c1-n1nnnc1SC(C)C(=O)N1CCC(Cc2ccccc2)CC1. The first-order chi connectivity index (χ1) is 15.0. The molecule has 6 nitrogen and oxygen atoms in total. The molecule has 2 heterocycles. The number of piperidine rings is 1. The van der Waals surface area contributed by atoms with Gasteiger partial charge in [0.2, 0.25) is 11.1 Å². The van der Waals surface area contributed by atoms with E-state index in [9.17, 15) is 4.79 Å². The Bertz CT molecular complexity index is 1010. The van der Waals surface area contributed by atoms with Crippen LogP contribution >= 0.6 is 11.8 Å². The highest BCUT2D eigenvalue weighted by Crippen LogP contribution is 2.28. The summed E-state index contributed by atoms with van der Waals surface area (Å²) in [6.45, 7) is 7.69. The average Bonchev–Trinajstić information content (AvgIpc) is 3.22. The first-order valence-electron chi connectivity index (χ1n) is 10.9. The second-order valence-corrected chi connectivity index (χ2v) is 9.64. The second-order valence-electron chi connectivity index (χ2n) is 8.33. The summed E-state index contributed by atoms with van der Waals surface area (Å²) in [5.41, 5.74) is 4.58. The van der Waals surface area contributed by atoms with Gasteiger partial charge in [0.05, 0.1) is 10.9 Å². The van der Waals surface area contributed by atoms with Crippen LogP contribution in [0.15, 0.2) is 53.7 Å². The van der Waals surface area contributed by atoms with Crippen LogP contribution in [0.2, 0.25) is 0 Å². The van der Waals surface area contributed by atoms with E-state index in [1.807, 2.05) is 43.9 Å². The normalized spacial score (nSPS) is 15.8. The monoisotopic (exact) mass is 435 g/mol. The van der Waals surface area contributed by atoms with Gasteiger partial charge >= 0.3 is 0 Å². The van der Waals surface area contributed by atoms with Crippen molar-refractivity contribution >= 4 is 17.7 Å². The molecule has 2 aromatic carbocycles. The molecule has 1 aromatic heterocycles. The number of aryl methyl sites for hydroxylation is 2. The quantitative estimate of drug-likeness (QED) is 0.542. The van der Waals surface area contributed by atoms with Crippen molar-refractivity contribution < 1.29 is 4.79 Å². The highest BCUT2D eigenvalue weighted by molar-refractivity contribution is 8.00. The lowest BCUT2D eigenvalue weighted by atomic mass is 9.90. The van der Waals surface area contributed by atoms with E-state index in [1.165, 1.54) is 17.3 Å². The number of amides is 1. The summed E-state index contributed by atoms with van der Waals surface area (Å²) in [6, 6.07) is 16.8. The maximum atomic E-state index is 13.1. The summed E-state index contributed by atoms with van der Waals surface area (Å²) in [5.74, 6) is 0.810. The van der Waals surface area contributed by atoms with Gasteiger partial charge in [-0.3, -0.25) is 4.79 Å². The fourth-order valence-electron chi connectivity index (χ4n) is 4.30. The summed E-state index contributed by atoms with van der Waals surface area (Å²) in [7, 11) is 0. The Labute approximate surface area is 188 Å². The molecule has 0 N–H and O–H groups in total. The highest BCUT2D eigenvalue weighted by atomic mass is 32.2. The number of tetrazole rings is 1. The van der Waals surface area contributed by atoms with Crippen molar-refractivity contribution in [1.82, 2.24) is 25.1 Å². The van der Waals surface area contributed by atoms with Crippen molar-refractivity contribution in [2.24, 2.45) is 5.92 Å². The van der Waals surface area contributed by atoms with Crippen molar-refractivity contribution in [3.05, 3.63) is 65.2 Å². The Kier molecular flexibility index (Phi) is 6.70. The molecule has 0 bridgehead atoms. The van der Waals surface area contributed by atoms with Crippen molar-refractivity contribution in [1.29, 1.82) is 0 Å². The minimum absolute atomic E-state index is 0.166. The zero-order chi connectivity index (χ0) is 21.8. The molecule has 0 radical (unpaired) electrons. The van der Waals surface area contributed by atoms with E-state index in [4.69, 9.17) is 0 Å². The number of carbonyl (C=O) groups is 1. The van der Waals surface area contributed by atoms with Crippen molar-refractivity contribution in [3.63, 3.8) is 0 Å². The first-order valence-corrected chi connectivity index (χ1v) is 11.7. The number of carbonyl (C=O) groups excluding carboxylic acids is 1. The first kappa shape index (κ1) is 21.6. The third-order valence-electron chi connectivity index (χ3n) is 6.02. The predicted molar refractivity (Wildman–Crippen MR) is 123 cm³/mol. The lowest BCUT2D eigenvalue weighted by molar-refractivity contribution is -0.131. The molecule has 1 atom stereocenters. The number of nitrogens with zero attached hydrogens (tertiary/aromatic N) is 5. The Hall–Kier alpha value is -2.67. The van der Waals surface area contributed by atoms with Crippen LogP contribution in [0.4, 0.5) is 0 Å². The number of hydrogen-bond acceptors (Lipinski definition) is 5. The highest BCUT2D eigenvalue weighted by Gasteiger charge is 2.28. The number of aromatic nitrogens is 4. The van der Waals surface area contributed by atoms with E-state index in [1.54, 1.807) is 4.68 Å². The van der Waals surface area contributed by atoms with E-state index in [-0.39, 0.29) is 11.2 Å². The van der Waals surface area contributed by atoms with Gasteiger partial charge in [-0.05, 0) is 73.1 Å². The molecule has 1 aliphatic heterocycles. The Balaban J connectivity index is 1.37. The summed E-state index contributed by atoms with van der Waals surface area (Å²) < 4.78 is 1.76. The van der Waals surface area contributed by atoms with Gasteiger partial charge in [-0.25, -0.2) is 0 Å². The maximum absolute atomic E-state index is 13.1. The molecule has 0 saturated carbocycles. The van der Waals surface area contributed by atoms with Crippen LogP contribution in [0.25, 0.3) is 5.69 Å². The van der Waals surface area contributed by atoms with Gasteiger partial charge in [-0.15, -0.1) is 5.10 Å². The van der Waals surface area contributed by atoms with Crippen molar-refractivity contribution in [2.45, 2.75) is 50.4 Å². The van der Waals surface area contributed by atoms with Crippen LogP contribution in [0.1, 0.15) is 36.5 Å². The summed E-state index contributed by atoms with van der Waals surface area (Å²) in [4.78, 5) is 15.1. The molecule has 1 saturated heterocycles. The third-order valence-corrected chi connectivity index (χ3v) is 7.04. The lowest BCUT2D eigenvalue weighted by Gasteiger charge is -2.33. The smallest absolute Gasteiger partial charge is 0.235 e. The second kappa shape index (κ2) is 9.64. The number of likely N-dealkylation sites (tertiary alicyclic amines) is 1. The fraction of sp³-hybridized carbons (Fsp3) is 0.417. The zero-order valence-electron chi connectivity index (χ0n) is 18.4. The van der Waals surface area contributed by atoms with E-state index in [0.717, 1.165) is 49.2 Å². The minimum Gasteiger partial charge on any atom is -0.342 e. The van der Waals surface area contributed by atoms with Crippen LogP contribution in [-0.2, 0) is 11.2 Å². The Morgan fingerprint density at radius 2 is 1.74 bits per heavy atom. The topological polar surface area (TPSA) is 63.9 Å². The molecule has 1 unspecified atom stereocenters. The standard InChI is InChI=1S/C24H29N5OS/c1-17-8-7-9-18(2)22(17)29-24(25-26-27-29)31-19(3)23(30)28-14-12-21(13-15-28)16-20-10-5-4-6-11-20/h4-11,19,21H,12-16H2,1-3H3. The molecule has 31 heavy (non-hydrogen) atoms. The molecular weight excluding hydrogens is 406 g/mol. The average molecular weight is 436 g/mol. The van der Waals surface area contributed by atoms with Crippen LogP contribution in [0.3, 0.4) is 0 Å². The van der Waals surface area contributed by atoms with Gasteiger partial charge in [0, 0.05) is 13.1 Å². The van der Waals surface area contributed by atoms with E-state index in [2.05, 4.69) is 45.9 Å². The molecule has 0 aliphatic carbocycles. The van der Waals surface area contributed by atoms with Gasteiger partial charge in [0.25, 0.3) is 0 Å². The number of thioether (sulfide) groups is 1. The minimum atomic E-state index is -0.236. The van der Waals surface area contributed by atoms with Crippen molar-refractivity contribution in [3.8, 4) is 5.69 Å². The zero-order valence-corrected chi connectivity index (χ0v) is 19.2. The maximum Gasteiger partial charge on any atom is 0.235 e. The Morgan fingerprint density at radius 1 is 1.06 bits per heavy atom. The number of para-hydroxylation sites is 1. The molecule has 162 valence electrons. The molecule has 1 aliphatic rings. The Morgan fingerprint density at radius 3 is 2.42 bits per heavy atom. The summed E-state index contributed by atoms with van der Waals surface area (Å²) in [5, 5.41) is 12.7. The van der Waals surface area contributed by atoms with Crippen LogP contribution in [0.5, 0.6) is 0 Å². The summed E-state index contributed by atoms with van der Waals surface area (Å²) >= 11 is 1.43. The van der Waals surface area contributed by atoms with Gasteiger partial charge in [-0.1, -0.05) is 60.3 Å². The van der Waals surface area contributed by atoms with Gasteiger partial charge in [0.1, 0.15) is 0 Å². The molecule has 3 aromatic rings. The predicted octanol–water partition coefficient (Wildman–Crippen LogP) is 4.24. The molecule has 4 rings (SSSR count). The summed E-state index contributed by atoms with van der Waals surface area (Å²) in [6.07, 6.45) is 3.20. The van der Waals surface area contributed by atoms with Crippen LogP contribution in [0, 0.1) is 19.8 Å². The third kappa shape index (κ3) is 4.98. The van der Waals surface area contributed by atoms with E-state index in [0.29, 0.717) is 11.1 Å². The number of benzene rings is 2. The molecular formula is C24H29N5OS. The molecule has 0 spiro atoms. The molecule has 1 amide bonds. The van der Waals surface area contributed by atoms with E-state index >= 15 is 0 Å². The molecule has 7 heteroatoms. The number of rotatable bonds is 6. The fourth-order valence-corrected chi connectivity index (χ4v) is 5.18. The molecule has 1 fully saturated rings. The van der Waals surface area contributed by atoms with Crippen LogP contribution in [-0.4, -0.2) is 49.4 Å². The van der Waals surface area contributed by atoms with Gasteiger partial charge in [0.15, 0.2) is 0 Å². The van der Waals surface area contributed by atoms with Crippen LogP contribution < -0.4 is 0 Å². The van der Waals surface area contributed by atoms with Gasteiger partial charge in [-0.2, -0.15) is 4.68 Å². The lowest BCUT2D eigenvalue weighted by Crippen LogP contribution is -2.42. The number of hydrogen-bond donors (Lipinski definition) is 0. The largest absolute Gasteiger partial charge is 0.342 e. The van der Waals surface area contributed by atoms with Gasteiger partial charge < -0.3 is 4.90 Å². The van der Waals surface area contributed by atoms with Crippen molar-refractivity contribution in [2.75, 3.05) is 13.1 Å². The van der Waals surface area contributed by atoms with E-state index < -0.39 is 0 Å².